The van der Waals surface area contributed by atoms with E-state index in [9.17, 15) is 4.79 Å². The van der Waals surface area contributed by atoms with Crippen LogP contribution < -0.4 is 10.6 Å². The normalized spacial score (nSPS) is 16.3. The fourth-order valence-corrected chi connectivity index (χ4v) is 3.81. The van der Waals surface area contributed by atoms with E-state index in [1.807, 2.05) is 38.6 Å². The third-order valence-corrected chi connectivity index (χ3v) is 5.62. The van der Waals surface area contributed by atoms with Gasteiger partial charge in [-0.15, -0.1) is 16.4 Å². The van der Waals surface area contributed by atoms with Crippen molar-refractivity contribution in [2.75, 3.05) is 13.1 Å². The number of hydrogen-bond donors (Lipinski definition) is 2. The van der Waals surface area contributed by atoms with Crippen LogP contribution in [0.5, 0.6) is 0 Å². The van der Waals surface area contributed by atoms with Crippen molar-refractivity contribution in [1.82, 2.24) is 30.6 Å². The molecular weight excluding hydrogens is 324 g/mol. The van der Waals surface area contributed by atoms with Crippen LogP contribution in [0.15, 0.2) is 6.20 Å². The number of nitrogens with one attached hydrogen (secondary N) is 2. The van der Waals surface area contributed by atoms with Crippen molar-refractivity contribution < 1.29 is 4.79 Å². The molecule has 0 saturated carbocycles. The van der Waals surface area contributed by atoms with Gasteiger partial charge in [-0.05, 0) is 53.6 Å². The molecule has 1 aliphatic rings. The van der Waals surface area contributed by atoms with Crippen molar-refractivity contribution >= 4 is 17.2 Å². The van der Waals surface area contributed by atoms with Gasteiger partial charge in [-0.1, -0.05) is 5.21 Å². The van der Waals surface area contributed by atoms with Crippen LogP contribution in [-0.2, 0) is 5.54 Å². The quantitative estimate of drug-likeness (QED) is 0.882. The molecular formula is C16H24N6OS. The average Bonchev–Trinajstić information content (AvgIpc) is 3.14. The second-order valence-electron chi connectivity index (χ2n) is 6.80. The number of hydrogen-bond acceptors (Lipinski definition) is 6. The zero-order valence-electron chi connectivity index (χ0n) is 14.6. The molecule has 24 heavy (non-hydrogen) atoms. The highest BCUT2D eigenvalue weighted by Crippen LogP contribution is 2.26. The van der Waals surface area contributed by atoms with Gasteiger partial charge in [0.1, 0.15) is 5.01 Å². The second kappa shape index (κ2) is 6.60. The highest BCUT2D eigenvalue weighted by atomic mass is 32.1. The van der Waals surface area contributed by atoms with Gasteiger partial charge in [-0.25, -0.2) is 9.67 Å². The Balaban J connectivity index is 1.76. The summed E-state index contributed by atoms with van der Waals surface area (Å²) in [6.45, 7) is 9.78. The summed E-state index contributed by atoms with van der Waals surface area (Å²) in [6.07, 6.45) is 3.84. The van der Waals surface area contributed by atoms with Crippen molar-refractivity contribution in [3.05, 3.63) is 27.5 Å². The van der Waals surface area contributed by atoms with E-state index in [1.165, 1.54) is 0 Å². The molecule has 0 bridgehead atoms. The Morgan fingerprint density at radius 1 is 1.38 bits per heavy atom. The largest absolute Gasteiger partial charge is 0.339 e. The first-order valence-corrected chi connectivity index (χ1v) is 9.08. The fourth-order valence-electron chi connectivity index (χ4n) is 2.99. The van der Waals surface area contributed by atoms with Crippen LogP contribution in [0.4, 0.5) is 0 Å². The van der Waals surface area contributed by atoms with Gasteiger partial charge in [0, 0.05) is 11.1 Å². The van der Waals surface area contributed by atoms with Gasteiger partial charge in [0.05, 0.1) is 17.3 Å². The molecule has 2 N–H and O–H groups in total. The van der Waals surface area contributed by atoms with Crippen molar-refractivity contribution in [2.24, 2.45) is 0 Å². The van der Waals surface area contributed by atoms with E-state index in [-0.39, 0.29) is 5.91 Å². The summed E-state index contributed by atoms with van der Waals surface area (Å²) >= 11 is 1.59. The Morgan fingerprint density at radius 3 is 2.71 bits per heavy atom. The second-order valence-corrected chi connectivity index (χ2v) is 8.04. The van der Waals surface area contributed by atoms with Crippen molar-refractivity contribution in [2.45, 2.75) is 52.1 Å². The van der Waals surface area contributed by atoms with E-state index >= 15 is 0 Å². The zero-order valence-corrected chi connectivity index (χ0v) is 15.4. The smallest absolute Gasteiger partial charge is 0.274 e. The molecule has 0 atom stereocenters. The first-order chi connectivity index (χ1) is 11.4. The predicted octanol–water partition coefficient (Wildman–Crippen LogP) is 1.94. The fraction of sp³-hybridized carbons (Fsp3) is 0.625. The molecule has 3 heterocycles. The third kappa shape index (κ3) is 3.34. The van der Waals surface area contributed by atoms with Crippen molar-refractivity contribution in [3.63, 3.8) is 0 Å². The van der Waals surface area contributed by atoms with Gasteiger partial charge >= 0.3 is 0 Å². The lowest BCUT2D eigenvalue weighted by Crippen LogP contribution is -2.41. The molecule has 0 unspecified atom stereocenters. The molecule has 2 aromatic heterocycles. The lowest BCUT2D eigenvalue weighted by atomic mass is 10.1. The van der Waals surface area contributed by atoms with E-state index in [0.717, 1.165) is 41.5 Å². The molecule has 130 valence electrons. The minimum Gasteiger partial charge on any atom is -0.339 e. The Bertz CT molecular complexity index is 729. The molecule has 1 saturated heterocycles. The number of thiazole rings is 1. The summed E-state index contributed by atoms with van der Waals surface area (Å²) in [4.78, 5) is 18.2. The van der Waals surface area contributed by atoms with Crippen molar-refractivity contribution in [1.29, 1.82) is 0 Å². The molecule has 3 rings (SSSR count). The Kier molecular flexibility index (Phi) is 4.69. The molecule has 0 radical (unpaired) electrons. The predicted molar refractivity (Wildman–Crippen MR) is 93.2 cm³/mol. The highest BCUT2D eigenvalue weighted by Gasteiger charge is 2.29. The van der Waals surface area contributed by atoms with E-state index < -0.39 is 5.54 Å². The molecule has 1 fully saturated rings. The Hall–Kier alpha value is -1.80. The van der Waals surface area contributed by atoms with Crippen LogP contribution in [0.1, 0.15) is 58.8 Å². The zero-order chi connectivity index (χ0) is 17.3. The van der Waals surface area contributed by atoms with Crippen molar-refractivity contribution in [3.8, 4) is 0 Å². The third-order valence-electron chi connectivity index (χ3n) is 4.38. The summed E-state index contributed by atoms with van der Waals surface area (Å²) in [5.74, 6) is -0.203. The Morgan fingerprint density at radius 2 is 2.08 bits per heavy atom. The maximum Gasteiger partial charge on any atom is 0.274 e. The van der Waals surface area contributed by atoms with Gasteiger partial charge in [0.2, 0.25) is 0 Å². The summed E-state index contributed by atoms with van der Waals surface area (Å²) < 4.78 is 1.90. The van der Waals surface area contributed by atoms with Gasteiger partial charge in [-0.3, -0.25) is 4.79 Å². The summed E-state index contributed by atoms with van der Waals surface area (Å²) in [7, 11) is 0. The SMILES string of the molecule is Cc1cnc(C(C)(C)NC(=O)c2nnn(C3CCNCC3)c2C)s1. The topological polar surface area (TPSA) is 84.7 Å². The summed E-state index contributed by atoms with van der Waals surface area (Å²) in [5.41, 5.74) is 0.682. The molecule has 0 aliphatic carbocycles. The molecule has 0 spiro atoms. The maximum atomic E-state index is 12.7. The first kappa shape index (κ1) is 17.0. The van der Waals surface area contributed by atoms with Crippen LogP contribution in [0.2, 0.25) is 0 Å². The number of amides is 1. The van der Waals surface area contributed by atoms with Crippen LogP contribution in [0.25, 0.3) is 0 Å². The van der Waals surface area contributed by atoms with Gasteiger partial charge in [0.25, 0.3) is 5.91 Å². The van der Waals surface area contributed by atoms with Crippen LogP contribution in [-0.4, -0.2) is 39.0 Å². The van der Waals surface area contributed by atoms with Crippen LogP contribution in [0.3, 0.4) is 0 Å². The highest BCUT2D eigenvalue weighted by molar-refractivity contribution is 7.11. The Labute approximate surface area is 145 Å². The average molecular weight is 348 g/mol. The van der Waals surface area contributed by atoms with E-state index in [1.54, 1.807) is 11.3 Å². The number of carbonyl (C=O) groups excluding carboxylic acids is 1. The van der Waals surface area contributed by atoms with Crippen LogP contribution in [0, 0.1) is 13.8 Å². The lowest BCUT2D eigenvalue weighted by Gasteiger charge is -2.24. The molecule has 1 amide bonds. The van der Waals surface area contributed by atoms with Gasteiger partial charge < -0.3 is 10.6 Å². The number of carbonyl (C=O) groups is 1. The van der Waals surface area contributed by atoms with Crippen LogP contribution >= 0.6 is 11.3 Å². The molecule has 2 aromatic rings. The number of aryl methyl sites for hydroxylation is 1. The minimum absolute atomic E-state index is 0.203. The monoisotopic (exact) mass is 348 g/mol. The standard InChI is InChI=1S/C16H24N6OS/c1-10-9-18-15(24-10)16(3,4)19-14(23)13-11(2)22(21-20-13)12-5-7-17-8-6-12/h9,12,17H,5-8H2,1-4H3,(H,19,23). The van der Waals surface area contributed by atoms with E-state index in [4.69, 9.17) is 0 Å². The molecule has 7 nitrogen and oxygen atoms in total. The van der Waals surface area contributed by atoms with E-state index in [0.29, 0.717) is 11.7 Å². The molecule has 1 aliphatic heterocycles. The first-order valence-electron chi connectivity index (χ1n) is 8.26. The minimum atomic E-state index is -0.541. The summed E-state index contributed by atoms with van der Waals surface area (Å²) in [5, 5.41) is 15.6. The summed E-state index contributed by atoms with van der Waals surface area (Å²) in [6, 6.07) is 0.315. The molecule has 8 heteroatoms. The lowest BCUT2D eigenvalue weighted by molar-refractivity contribution is 0.0906. The maximum absolute atomic E-state index is 12.7. The molecule has 0 aromatic carbocycles. The number of nitrogens with zero attached hydrogens (tertiary/aromatic N) is 4. The van der Waals surface area contributed by atoms with Gasteiger partial charge in [-0.2, -0.15) is 0 Å². The van der Waals surface area contributed by atoms with E-state index in [2.05, 4.69) is 25.9 Å². The number of piperidine rings is 1. The number of rotatable bonds is 4. The number of aromatic nitrogens is 4. The van der Waals surface area contributed by atoms with Gasteiger partial charge in [0.15, 0.2) is 5.69 Å².